The van der Waals surface area contributed by atoms with Crippen molar-refractivity contribution in [2.75, 3.05) is 72.5 Å². The number of aliphatic carboxylic acids is 3. The van der Waals surface area contributed by atoms with Crippen molar-refractivity contribution in [3.63, 3.8) is 0 Å². The number of thioether (sulfide) groups is 1. The van der Waals surface area contributed by atoms with E-state index in [1.807, 2.05) is 0 Å². The van der Waals surface area contributed by atoms with Gasteiger partial charge in [-0.25, -0.2) is 4.98 Å². The van der Waals surface area contributed by atoms with Crippen molar-refractivity contribution in [2.45, 2.75) is 246 Å². The number of carbonyl (C=O) groups is 19. The third kappa shape index (κ3) is 31.0. The van der Waals surface area contributed by atoms with Gasteiger partial charge in [-0.05, 0) is 119 Å². The number of nitrogens with zero attached hydrogens (tertiary/aromatic N) is 7. The number of rotatable bonds is 31. The number of nitrogens with one attached hydrogen (secondary N) is 12. The molecule has 766 valence electrons. The molecule has 3 aromatic carbocycles. The number of aliphatic hydroxyl groups is 1. The summed E-state index contributed by atoms with van der Waals surface area (Å²) in [6.07, 6.45) is 1.34. The zero-order valence-electron chi connectivity index (χ0n) is 79.9. The van der Waals surface area contributed by atoms with Crippen LogP contribution >= 0.6 is 11.8 Å². The highest BCUT2D eigenvalue weighted by molar-refractivity contribution is 8.00. The van der Waals surface area contributed by atoms with Crippen LogP contribution in [0.5, 0.6) is 5.75 Å². The van der Waals surface area contributed by atoms with E-state index in [1.165, 1.54) is 58.5 Å². The molecule has 6 aromatic rings. The summed E-state index contributed by atoms with van der Waals surface area (Å²) in [6, 6.07) is -2.93. The number of unbranched alkanes of at least 4 members (excludes halogenated alkanes) is 3. The minimum Gasteiger partial charge on any atom is -0.497 e. The Morgan fingerprint density at radius 2 is 1.12 bits per heavy atom. The number of nitrogens with two attached hydrogens (primary N) is 3. The molecule has 3 fully saturated rings. The lowest BCUT2D eigenvalue weighted by molar-refractivity contribution is -0.149. The number of aromatic nitrogens is 4. The van der Waals surface area contributed by atoms with Crippen molar-refractivity contribution in [1.29, 1.82) is 0 Å². The van der Waals surface area contributed by atoms with Gasteiger partial charge in [-0.15, -0.1) is 11.8 Å². The van der Waals surface area contributed by atoms with E-state index in [4.69, 9.17) is 21.9 Å². The van der Waals surface area contributed by atoms with Crippen LogP contribution in [-0.4, -0.2) is 340 Å². The number of likely N-dealkylation sites (N-methyl/N-ethyl adjacent to an activating group) is 3. The van der Waals surface area contributed by atoms with Crippen molar-refractivity contribution in [2.24, 2.45) is 17.2 Å². The molecule has 0 spiro atoms. The van der Waals surface area contributed by atoms with Crippen molar-refractivity contribution in [1.82, 2.24) is 97.2 Å². The van der Waals surface area contributed by atoms with E-state index in [1.54, 1.807) is 92.8 Å². The van der Waals surface area contributed by atoms with Crippen molar-refractivity contribution < 1.29 is 116 Å². The highest BCUT2D eigenvalue weighted by Gasteiger charge is 2.47. The van der Waals surface area contributed by atoms with E-state index < -0.39 is 266 Å². The molecule has 3 saturated heterocycles. The highest BCUT2D eigenvalue weighted by Crippen LogP contribution is 2.29. The fraction of sp³-hybridized carbons (Fsp3) is 0.532. The number of para-hydroxylation sites is 2. The van der Waals surface area contributed by atoms with Crippen LogP contribution in [-0.2, 0) is 123 Å². The first-order chi connectivity index (χ1) is 67.3. The van der Waals surface area contributed by atoms with Gasteiger partial charge in [0.2, 0.25) is 94.5 Å². The Hall–Kier alpha value is -14.1. The number of carboxylic acids is 3. The van der Waals surface area contributed by atoms with Crippen LogP contribution in [0.3, 0.4) is 0 Å². The number of aliphatic hydroxyl groups excluding tert-OH is 1. The zero-order chi connectivity index (χ0) is 103. The number of methoxy groups -OCH3 is 1. The fourth-order valence-corrected chi connectivity index (χ4v) is 18.2. The second-order valence-electron chi connectivity index (χ2n) is 35.4. The Balaban J connectivity index is 1.13. The van der Waals surface area contributed by atoms with Crippen LogP contribution in [0.15, 0.2) is 97.7 Å². The molecule has 22 N–H and O–H groups in total. The lowest BCUT2D eigenvalue weighted by Crippen LogP contribution is -2.61. The first-order valence-electron chi connectivity index (χ1n) is 47.0. The smallest absolute Gasteiger partial charge is 0.323 e. The summed E-state index contributed by atoms with van der Waals surface area (Å²) < 4.78 is 6.75. The zero-order valence-corrected chi connectivity index (χ0v) is 80.7. The molecule has 3 aromatic heterocycles. The SMILES string of the molecule is CCCC[C@H]1C(=O)N(C)[C@@H](CCCC)C(=O)N[C@@H](CCC(=O)O)C(=O)N[C@H](C(=O)NCC(N)=O)CSCC(=O)N[C@@H](Cc2ccc(OC)cc2)C(=O)N(C)[C@@H](C)C(=O)N[C@@H](CC(=O)O)C(=O)N2CCC[C@H]2C(=O)N[C@@H](Cc2c[nH]cn2)C(=O)N[C@@H](CCCCN)C(=O)N2C[C@H](O)C[C@H]2C(=O)N[C@@H](Cc2c[nH]c3ccccc23)C(=O)N[C@@H](CCN)C(=O)N[C@@H](Cc2cn(CC(=O)O)c3ccccc23)C(=O)N1C. The minimum absolute atomic E-state index is 0.0673. The van der Waals surface area contributed by atoms with Crippen LogP contribution in [0, 0.1) is 0 Å². The number of amides is 16. The van der Waals surface area contributed by atoms with Crippen molar-refractivity contribution in [3.8, 4) is 5.75 Å². The van der Waals surface area contributed by atoms with Gasteiger partial charge >= 0.3 is 17.9 Å². The molecule has 3 aliphatic heterocycles. The summed E-state index contributed by atoms with van der Waals surface area (Å²) in [5.41, 5.74) is 20.1. The van der Waals surface area contributed by atoms with E-state index in [0.29, 0.717) is 75.3 Å². The average Bonchev–Trinajstić information content (AvgIpc) is 1.66. The maximum atomic E-state index is 16.0. The Labute approximate surface area is 817 Å². The lowest BCUT2D eigenvalue weighted by Gasteiger charge is -2.36. The van der Waals surface area contributed by atoms with Gasteiger partial charge in [0, 0.05) is 119 Å². The van der Waals surface area contributed by atoms with E-state index >= 15 is 38.4 Å². The third-order valence-corrected chi connectivity index (χ3v) is 26.2. The number of imidazole rings is 1. The summed E-state index contributed by atoms with van der Waals surface area (Å²) in [5, 5.41) is 69.3. The molecular weight excluding hydrogens is 1850 g/mol. The van der Waals surface area contributed by atoms with Gasteiger partial charge in [0.15, 0.2) is 0 Å². The van der Waals surface area contributed by atoms with E-state index in [2.05, 4.69) is 68.1 Å². The van der Waals surface area contributed by atoms with E-state index in [-0.39, 0.29) is 102 Å². The highest BCUT2D eigenvalue weighted by atomic mass is 32.2. The monoisotopic (exact) mass is 1980 g/mol. The number of primary amides is 1. The molecule has 0 unspecified atom stereocenters. The van der Waals surface area contributed by atoms with Gasteiger partial charge in [0.25, 0.3) is 0 Å². The Morgan fingerprint density at radius 3 is 1.77 bits per heavy atom. The molecular formula is C94H130N22O24S. The molecule has 0 saturated carbocycles. The lowest BCUT2D eigenvalue weighted by atomic mass is 9.99. The average molecular weight is 1980 g/mol. The first-order valence-corrected chi connectivity index (χ1v) is 48.2. The second kappa shape index (κ2) is 53.3. The molecule has 0 radical (unpaired) electrons. The molecule has 3 aliphatic rings. The number of aromatic amines is 2. The number of carboxylic acid groups (broad SMARTS) is 3. The number of hydrogen-bond acceptors (Lipinski definition) is 25. The van der Waals surface area contributed by atoms with Gasteiger partial charge in [-0.2, -0.15) is 0 Å². The van der Waals surface area contributed by atoms with Gasteiger partial charge in [-0.1, -0.05) is 88.1 Å². The van der Waals surface area contributed by atoms with Gasteiger partial charge in [0.05, 0.1) is 44.0 Å². The standard InChI is InChI=1S/C94H130N22O24S/c1-8-10-23-72-87(132)104-62(31-32-78(120)121)83(128)110-70(82(127)100-45-76(97)118)49-141-50-77(119)102-67(37-53-27-29-58(140-7)30-28-53)90(135)111(4)52(3)81(126)108-69(42-79(122)123)93(138)115-36-18-26-73(115)88(133)107-66(40-56-44-98-51-101-56)86(131)105-64(22-16-17-34-95)92(137)116-47-57(117)41-75(116)89(134)106-65(38-54-43-99-61-21-14-12-19-59(54)61)85(130)103-63(33-35-96)84(129)109-68(91(136)113(6)74(24-11-9-2)94(139)112(72)5)39-55-46-114(48-80(124)125)71-25-15-13-20-60(55)71/h12-15,19-21,25,27-30,43-44,46,51-52,57,62-70,72-75,99,117H,8-11,16-18,22-24,26,31-42,45,47-50,95-96H2,1-7H3,(H2,97,118)(H,98,101)(H,100,127)(H,102,119)(H,103,130)(H,104,132)(H,105,131)(H,106,134)(H,107,133)(H,108,126)(H,109,129)(H,110,128)(H,120,121)(H,122,123)(H,124,125)/t52-,57+,62-,63-,64-,65-,66-,67-,68-,69-,70-,72-,73-,74-,75-/m0/s1. The van der Waals surface area contributed by atoms with Crippen molar-refractivity contribution in [3.05, 3.63) is 120 Å². The molecule has 46 nitrogen and oxygen atoms in total. The minimum atomic E-state index is -1.92. The number of carbonyl (C=O) groups excluding carboxylic acids is 16. The molecule has 9 rings (SSSR count). The summed E-state index contributed by atoms with van der Waals surface area (Å²) >= 11 is 0.704. The van der Waals surface area contributed by atoms with Crippen molar-refractivity contribution >= 4 is 146 Å². The number of H-pyrrole nitrogens is 2. The molecule has 15 atom stereocenters. The van der Waals surface area contributed by atoms with Gasteiger partial charge in [-0.3, -0.25) is 91.1 Å². The summed E-state index contributed by atoms with van der Waals surface area (Å²) in [5.74, 6) is -20.9. The molecule has 0 aliphatic carbocycles. The molecule has 6 heterocycles. The Kier molecular flexibility index (Phi) is 41.8. The van der Waals surface area contributed by atoms with Crippen LogP contribution < -0.4 is 75.1 Å². The number of benzene rings is 3. The summed E-state index contributed by atoms with van der Waals surface area (Å²) in [4.78, 5) is 292. The van der Waals surface area contributed by atoms with Crippen LogP contribution in [0.1, 0.15) is 146 Å². The van der Waals surface area contributed by atoms with Crippen LogP contribution in [0.2, 0.25) is 0 Å². The van der Waals surface area contributed by atoms with Crippen LogP contribution in [0.4, 0.5) is 0 Å². The number of hydrogen-bond donors (Lipinski definition) is 19. The van der Waals surface area contributed by atoms with Crippen LogP contribution in [0.25, 0.3) is 21.8 Å². The number of fused-ring (bicyclic) bond motifs is 4. The summed E-state index contributed by atoms with van der Waals surface area (Å²) in [7, 11) is 5.16. The maximum Gasteiger partial charge on any atom is 0.323 e. The van der Waals surface area contributed by atoms with E-state index in [0.717, 1.165) is 24.5 Å². The first kappa shape index (κ1) is 111. The quantitative estimate of drug-likeness (QED) is 0.0201. The summed E-state index contributed by atoms with van der Waals surface area (Å²) in [6.45, 7) is 2.63. The van der Waals surface area contributed by atoms with E-state index in [9.17, 15) is 73.2 Å². The predicted octanol–water partition coefficient (Wildman–Crippen LogP) is -2.43. The Morgan fingerprint density at radius 1 is 0.539 bits per heavy atom. The van der Waals surface area contributed by atoms with Gasteiger partial charge in [0.1, 0.15) is 96.9 Å². The molecule has 16 amide bonds. The topological polar surface area (TPSA) is 678 Å². The van der Waals surface area contributed by atoms with Gasteiger partial charge < -0.3 is 135 Å². The Bertz CT molecular complexity index is 5440. The normalized spacial score (nSPS) is 24.2. The third-order valence-electron chi connectivity index (χ3n) is 25.2. The fourth-order valence-electron chi connectivity index (χ4n) is 17.4. The number of ether oxygens (including phenoxy) is 1. The molecule has 47 heteroatoms. The molecule has 0 bridgehead atoms. The molecule has 141 heavy (non-hydrogen) atoms. The predicted molar refractivity (Wildman–Crippen MR) is 512 cm³/mol. The maximum absolute atomic E-state index is 16.0. The second-order valence-corrected chi connectivity index (χ2v) is 36.4. The largest absolute Gasteiger partial charge is 0.497 e.